The van der Waals surface area contributed by atoms with E-state index in [1.54, 1.807) is 0 Å². The Hall–Kier alpha value is -1.68. The maximum Gasteiger partial charge on any atom is 0.416 e. The highest BCUT2D eigenvalue weighted by Crippen LogP contribution is 2.33. The largest absolute Gasteiger partial charge is 0.416 e. The molecule has 0 amide bonds. The average Bonchev–Trinajstić information content (AvgIpc) is 2.36. The van der Waals surface area contributed by atoms with Gasteiger partial charge in [-0.05, 0) is 36.2 Å². The van der Waals surface area contributed by atoms with Gasteiger partial charge in [-0.25, -0.2) is 0 Å². The number of hydrogen-bond acceptors (Lipinski definition) is 1. The molecule has 1 N–H and O–H groups in total. The summed E-state index contributed by atoms with van der Waals surface area (Å²) in [6, 6.07) is 11.1. The average molecular weight is 300 g/mol. The van der Waals surface area contributed by atoms with Crippen molar-refractivity contribution in [3.8, 4) is 0 Å². The van der Waals surface area contributed by atoms with Gasteiger partial charge in [0, 0.05) is 17.3 Å². The molecular formula is C15H13ClF3N. The van der Waals surface area contributed by atoms with Crippen LogP contribution in [0.25, 0.3) is 0 Å². The predicted octanol–water partition coefficient (Wildman–Crippen LogP) is 5.28. The lowest BCUT2D eigenvalue weighted by Crippen LogP contribution is -2.07. The van der Waals surface area contributed by atoms with Gasteiger partial charge in [0.05, 0.1) is 5.56 Å². The van der Waals surface area contributed by atoms with Crippen molar-refractivity contribution >= 4 is 17.3 Å². The number of hydrogen-bond donors (Lipinski definition) is 1. The molecule has 0 saturated carbocycles. The minimum absolute atomic E-state index is 0.0621. The molecule has 0 spiro atoms. The summed E-state index contributed by atoms with van der Waals surface area (Å²) in [6.45, 7) is 2.40. The first-order valence-corrected chi connectivity index (χ1v) is 6.40. The standard InChI is InChI=1S/C15H13ClF3N/c1-10-4-2-3-5-11(10)9-20-14-7-12(15(17,18)19)6-13(16)8-14/h2-8,20H,9H2,1H3. The van der Waals surface area contributed by atoms with E-state index in [1.807, 2.05) is 31.2 Å². The molecule has 106 valence electrons. The van der Waals surface area contributed by atoms with Crippen molar-refractivity contribution in [2.75, 3.05) is 5.32 Å². The molecule has 0 heterocycles. The predicted molar refractivity (Wildman–Crippen MR) is 75.0 cm³/mol. The van der Waals surface area contributed by atoms with Gasteiger partial charge < -0.3 is 5.32 Å². The monoisotopic (exact) mass is 299 g/mol. The molecule has 2 aromatic rings. The van der Waals surface area contributed by atoms with Crippen LogP contribution in [-0.2, 0) is 12.7 Å². The molecule has 1 nitrogen and oxygen atoms in total. The summed E-state index contributed by atoms with van der Waals surface area (Å²) in [5, 5.41) is 3.03. The summed E-state index contributed by atoms with van der Waals surface area (Å²) in [6.07, 6.45) is -4.40. The Morgan fingerprint density at radius 1 is 1.10 bits per heavy atom. The Morgan fingerprint density at radius 3 is 2.45 bits per heavy atom. The first-order chi connectivity index (χ1) is 9.36. The third-order valence-corrected chi connectivity index (χ3v) is 3.19. The zero-order valence-corrected chi connectivity index (χ0v) is 11.5. The minimum Gasteiger partial charge on any atom is -0.381 e. The van der Waals surface area contributed by atoms with E-state index in [1.165, 1.54) is 6.07 Å². The van der Waals surface area contributed by atoms with Crippen molar-refractivity contribution in [2.45, 2.75) is 19.6 Å². The molecule has 0 saturated heterocycles. The summed E-state index contributed by atoms with van der Waals surface area (Å²) >= 11 is 5.73. The minimum atomic E-state index is -4.40. The number of anilines is 1. The zero-order chi connectivity index (χ0) is 14.8. The number of halogens is 4. The van der Waals surface area contributed by atoms with Crippen LogP contribution in [0.5, 0.6) is 0 Å². The van der Waals surface area contributed by atoms with Crippen LogP contribution in [0.3, 0.4) is 0 Å². The Labute approximate surface area is 120 Å². The Kier molecular flexibility index (Phi) is 4.23. The van der Waals surface area contributed by atoms with Crippen molar-refractivity contribution in [2.24, 2.45) is 0 Å². The van der Waals surface area contributed by atoms with E-state index >= 15 is 0 Å². The Bertz CT molecular complexity index is 608. The number of alkyl halides is 3. The molecule has 2 rings (SSSR count). The van der Waals surface area contributed by atoms with Crippen LogP contribution >= 0.6 is 11.6 Å². The quantitative estimate of drug-likeness (QED) is 0.813. The van der Waals surface area contributed by atoms with E-state index in [0.29, 0.717) is 12.2 Å². The number of rotatable bonds is 3. The van der Waals surface area contributed by atoms with Crippen LogP contribution in [0.1, 0.15) is 16.7 Å². The normalized spacial score (nSPS) is 11.4. The second-order valence-corrected chi connectivity index (χ2v) is 4.94. The molecule has 0 aliphatic heterocycles. The zero-order valence-electron chi connectivity index (χ0n) is 10.8. The fourth-order valence-corrected chi connectivity index (χ4v) is 2.10. The van der Waals surface area contributed by atoms with E-state index in [2.05, 4.69) is 5.32 Å². The molecule has 0 unspecified atom stereocenters. The van der Waals surface area contributed by atoms with Gasteiger partial charge in [-0.1, -0.05) is 35.9 Å². The highest BCUT2D eigenvalue weighted by molar-refractivity contribution is 6.30. The third kappa shape index (κ3) is 3.67. The van der Waals surface area contributed by atoms with Gasteiger partial charge in [-0.15, -0.1) is 0 Å². The van der Waals surface area contributed by atoms with E-state index < -0.39 is 11.7 Å². The molecule has 20 heavy (non-hydrogen) atoms. The van der Waals surface area contributed by atoms with Crippen LogP contribution in [0, 0.1) is 6.92 Å². The van der Waals surface area contributed by atoms with Crippen LogP contribution in [-0.4, -0.2) is 0 Å². The Morgan fingerprint density at radius 2 is 1.80 bits per heavy atom. The number of benzene rings is 2. The molecule has 0 aliphatic carbocycles. The molecule has 0 bridgehead atoms. The summed E-state index contributed by atoms with van der Waals surface area (Å²) in [5.74, 6) is 0. The molecule has 0 atom stereocenters. The Balaban J connectivity index is 2.18. The second kappa shape index (κ2) is 5.75. The van der Waals surface area contributed by atoms with E-state index in [0.717, 1.165) is 23.3 Å². The molecule has 5 heteroatoms. The molecular weight excluding hydrogens is 287 g/mol. The number of nitrogens with one attached hydrogen (secondary N) is 1. The smallest absolute Gasteiger partial charge is 0.381 e. The topological polar surface area (TPSA) is 12.0 Å². The van der Waals surface area contributed by atoms with Gasteiger partial charge in [0.15, 0.2) is 0 Å². The lowest BCUT2D eigenvalue weighted by atomic mass is 10.1. The lowest BCUT2D eigenvalue weighted by Gasteiger charge is -2.12. The maximum absolute atomic E-state index is 12.7. The van der Waals surface area contributed by atoms with Gasteiger partial charge >= 0.3 is 6.18 Å². The highest BCUT2D eigenvalue weighted by Gasteiger charge is 2.31. The van der Waals surface area contributed by atoms with Gasteiger partial charge in [-0.3, -0.25) is 0 Å². The lowest BCUT2D eigenvalue weighted by molar-refractivity contribution is -0.137. The molecule has 0 radical (unpaired) electrons. The summed E-state index contributed by atoms with van der Waals surface area (Å²) in [4.78, 5) is 0. The van der Waals surface area contributed by atoms with Crippen molar-refractivity contribution < 1.29 is 13.2 Å². The second-order valence-electron chi connectivity index (χ2n) is 4.51. The van der Waals surface area contributed by atoms with Crippen LogP contribution < -0.4 is 5.32 Å². The summed E-state index contributed by atoms with van der Waals surface area (Å²) in [7, 11) is 0. The van der Waals surface area contributed by atoms with Gasteiger partial charge in [0.2, 0.25) is 0 Å². The van der Waals surface area contributed by atoms with Crippen molar-refractivity contribution in [1.82, 2.24) is 0 Å². The van der Waals surface area contributed by atoms with Crippen LogP contribution in [0.2, 0.25) is 5.02 Å². The van der Waals surface area contributed by atoms with Gasteiger partial charge in [0.25, 0.3) is 0 Å². The van der Waals surface area contributed by atoms with Crippen molar-refractivity contribution in [3.05, 3.63) is 64.2 Å². The summed E-state index contributed by atoms with van der Waals surface area (Å²) in [5.41, 5.74) is 1.71. The summed E-state index contributed by atoms with van der Waals surface area (Å²) < 4.78 is 38.1. The van der Waals surface area contributed by atoms with E-state index in [4.69, 9.17) is 11.6 Å². The van der Waals surface area contributed by atoms with Crippen molar-refractivity contribution in [1.29, 1.82) is 0 Å². The molecule has 0 aliphatic rings. The molecule has 0 fully saturated rings. The third-order valence-electron chi connectivity index (χ3n) is 2.97. The van der Waals surface area contributed by atoms with Crippen LogP contribution in [0.4, 0.5) is 18.9 Å². The van der Waals surface area contributed by atoms with Gasteiger partial charge in [0.1, 0.15) is 0 Å². The van der Waals surface area contributed by atoms with Gasteiger partial charge in [-0.2, -0.15) is 13.2 Å². The first-order valence-electron chi connectivity index (χ1n) is 6.02. The highest BCUT2D eigenvalue weighted by atomic mass is 35.5. The first kappa shape index (κ1) is 14.7. The van der Waals surface area contributed by atoms with Crippen LogP contribution in [0.15, 0.2) is 42.5 Å². The van der Waals surface area contributed by atoms with E-state index in [9.17, 15) is 13.2 Å². The SMILES string of the molecule is Cc1ccccc1CNc1cc(Cl)cc(C(F)(F)F)c1. The molecule has 2 aromatic carbocycles. The van der Waals surface area contributed by atoms with E-state index in [-0.39, 0.29) is 5.02 Å². The van der Waals surface area contributed by atoms with Crippen molar-refractivity contribution in [3.63, 3.8) is 0 Å². The maximum atomic E-state index is 12.7. The fraction of sp³-hybridized carbons (Fsp3) is 0.200. The number of aryl methyl sites for hydroxylation is 1. The fourth-order valence-electron chi connectivity index (χ4n) is 1.86. The molecule has 0 aromatic heterocycles.